The largest absolute Gasteiger partial charge is 0.380 e. The second-order valence-corrected chi connectivity index (χ2v) is 5.00. The number of piperidine rings is 2. The van der Waals surface area contributed by atoms with Gasteiger partial charge in [0.05, 0.1) is 18.8 Å². The van der Waals surface area contributed by atoms with Crippen molar-refractivity contribution in [3.63, 3.8) is 0 Å². The van der Waals surface area contributed by atoms with E-state index in [1.807, 2.05) is 0 Å². The van der Waals surface area contributed by atoms with E-state index in [0.717, 1.165) is 39.0 Å². The fourth-order valence-electron chi connectivity index (χ4n) is 2.49. The second kappa shape index (κ2) is 5.96. The van der Waals surface area contributed by atoms with Crippen LogP contribution in [0.4, 0.5) is 0 Å². The number of nitrogens with zero attached hydrogens (tertiary/aromatic N) is 2. The van der Waals surface area contributed by atoms with Crippen molar-refractivity contribution in [1.29, 1.82) is 0 Å². The molecule has 94 valence electrons. The third kappa shape index (κ3) is 3.42. The van der Waals surface area contributed by atoms with Gasteiger partial charge in [-0.05, 0) is 32.7 Å². The van der Waals surface area contributed by atoms with Crippen molar-refractivity contribution in [3.8, 4) is 0 Å². The smallest absolute Gasteiger partial charge is 0.0817 e. The average Bonchev–Trinajstić information content (AvgIpc) is 2.32. The lowest BCUT2D eigenvalue weighted by Crippen LogP contribution is -2.44. The molecule has 4 nitrogen and oxygen atoms in total. The standard InChI is InChI=1S/C12H24N2O2/c1-13-8-5-11(6-9-13)16-14-7-3-4-12(10-14)15-2/h11-12H,3-10H2,1-2H3. The SMILES string of the molecule is COC1CCCN(OC2CCN(C)CC2)C1. The van der Waals surface area contributed by atoms with Crippen LogP contribution in [0.5, 0.6) is 0 Å². The van der Waals surface area contributed by atoms with Gasteiger partial charge in [-0.3, -0.25) is 4.84 Å². The molecule has 2 heterocycles. The van der Waals surface area contributed by atoms with Crippen molar-refractivity contribution in [2.45, 2.75) is 37.9 Å². The monoisotopic (exact) mass is 228 g/mol. The number of hydrogen-bond donors (Lipinski definition) is 0. The Balaban J connectivity index is 1.72. The molecule has 0 aliphatic carbocycles. The van der Waals surface area contributed by atoms with Crippen LogP contribution in [0.25, 0.3) is 0 Å². The first-order chi connectivity index (χ1) is 7.78. The van der Waals surface area contributed by atoms with Crippen LogP contribution in [-0.2, 0) is 9.57 Å². The van der Waals surface area contributed by atoms with Crippen molar-refractivity contribution >= 4 is 0 Å². The molecule has 2 saturated heterocycles. The third-order valence-corrected chi connectivity index (χ3v) is 3.64. The summed E-state index contributed by atoms with van der Waals surface area (Å²) in [6.07, 6.45) is 5.45. The minimum Gasteiger partial charge on any atom is -0.380 e. The van der Waals surface area contributed by atoms with Gasteiger partial charge in [-0.2, -0.15) is 5.06 Å². The van der Waals surface area contributed by atoms with Gasteiger partial charge in [0, 0.05) is 26.7 Å². The van der Waals surface area contributed by atoms with Gasteiger partial charge in [0.15, 0.2) is 0 Å². The summed E-state index contributed by atoms with van der Waals surface area (Å²) in [5.41, 5.74) is 0. The van der Waals surface area contributed by atoms with E-state index in [9.17, 15) is 0 Å². The van der Waals surface area contributed by atoms with Crippen molar-refractivity contribution in [1.82, 2.24) is 9.96 Å². The van der Waals surface area contributed by atoms with Crippen LogP contribution in [0.2, 0.25) is 0 Å². The van der Waals surface area contributed by atoms with Crippen LogP contribution in [-0.4, -0.2) is 62.5 Å². The zero-order valence-corrected chi connectivity index (χ0v) is 10.5. The Hall–Kier alpha value is -0.160. The molecule has 0 aromatic heterocycles. The molecule has 0 aromatic carbocycles. The summed E-state index contributed by atoms with van der Waals surface area (Å²) >= 11 is 0. The van der Waals surface area contributed by atoms with E-state index in [-0.39, 0.29) is 0 Å². The van der Waals surface area contributed by atoms with Crippen LogP contribution in [0.3, 0.4) is 0 Å². The summed E-state index contributed by atoms with van der Waals surface area (Å²) in [6, 6.07) is 0. The molecule has 2 fully saturated rings. The Labute approximate surface area is 98.4 Å². The highest BCUT2D eigenvalue weighted by molar-refractivity contribution is 4.72. The van der Waals surface area contributed by atoms with Gasteiger partial charge in [0.25, 0.3) is 0 Å². The molecule has 0 N–H and O–H groups in total. The highest BCUT2D eigenvalue weighted by atomic mass is 16.7. The lowest BCUT2D eigenvalue weighted by atomic mass is 10.1. The summed E-state index contributed by atoms with van der Waals surface area (Å²) in [6.45, 7) is 4.31. The predicted octanol–water partition coefficient (Wildman–Crippen LogP) is 1.12. The van der Waals surface area contributed by atoms with Crippen LogP contribution >= 0.6 is 0 Å². The van der Waals surface area contributed by atoms with E-state index in [1.54, 1.807) is 7.11 Å². The van der Waals surface area contributed by atoms with Crippen LogP contribution in [0, 0.1) is 0 Å². The van der Waals surface area contributed by atoms with E-state index >= 15 is 0 Å². The quantitative estimate of drug-likeness (QED) is 0.723. The lowest BCUT2D eigenvalue weighted by molar-refractivity contribution is -0.229. The molecule has 0 saturated carbocycles. The molecule has 0 bridgehead atoms. The van der Waals surface area contributed by atoms with E-state index in [2.05, 4.69) is 17.0 Å². The van der Waals surface area contributed by atoms with Gasteiger partial charge in [0.1, 0.15) is 0 Å². The Morgan fingerprint density at radius 3 is 2.44 bits per heavy atom. The Morgan fingerprint density at radius 2 is 1.75 bits per heavy atom. The number of likely N-dealkylation sites (tertiary alicyclic amines) is 1. The molecule has 2 rings (SSSR count). The van der Waals surface area contributed by atoms with E-state index < -0.39 is 0 Å². The van der Waals surface area contributed by atoms with Crippen molar-refractivity contribution < 1.29 is 9.57 Å². The first kappa shape index (κ1) is 12.3. The first-order valence-corrected chi connectivity index (χ1v) is 6.41. The molecule has 1 atom stereocenters. The molecular weight excluding hydrogens is 204 g/mol. The minimum absolute atomic E-state index is 0.361. The van der Waals surface area contributed by atoms with Gasteiger partial charge >= 0.3 is 0 Å². The van der Waals surface area contributed by atoms with Crippen molar-refractivity contribution in [2.24, 2.45) is 0 Å². The van der Waals surface area contributed by atoms with Gasteiger partial charge in [-0.15, -0.1) is 0 Å². The van der Waals surface area contributed by atoms with Gasteiger partial charge < -0.3 is 9.64 Å². The number of rotatable bonds is 3. The fraction of sp³-hybridized carbons (Fsp3) is 1.00. The average molecular weight is 228 g/mol. The number of ether oxygens (including phenoxy) is 1. The number of hydrogen-bond acceptors (Lipinski definition) is 4. The van der Waals surface area contributed by atoms with E-state index in [1.165, 1.54) is 12.8 Å². The van der Waals surface area contributed by atoms with Crippen molar-refractivity contribution in [3.05, 3.63) is 0 Å². The van der Waals surface area contributed by atoms with Gasteiger partial charge in [0.2, 0.25) is 0 Å². The first-order valence-electron chi connectivity index (χ1n) is 6.41. The molecule has 16 heavy (non-hydrogen) atoms. The summed E-state index contributed by atoms with van der Waals surface area (Å²) in [5.74, 6) is 0. The highest BCUT2D eigenvalue weighted by Crippen LogP contribution is 2.18. The fourth-order valence-corrected chi connectivity index (χ4v) is 2.49. The van der Waals surface area contributed by atoms with E-state index in [4.69, 9.17) is 9.57 Å². The molecule has 0 spiro atoms. The predicted molar refractivity (Wildman–Crippen MR) is 63.2 cm³/mol. The minimum atomic E-state index is 0.361. The molecule has 0 radical (unpaired) electrons. The third-order valence-electron chi connectivity index (χ3n) is 3.64. The Kier molecular flexibility index (Phi) is 4.58. The number of methoxy groups -OCH3 is 1. The molecule has 0 amide bonds. The van der Waals surface area contributed by atoms with Crippen LogP contribution < -0.4 is 0 Å². The lowest BCUT2D eigenvalue weighted by Gasteiger charge is -2.36. The highest BCUT2D eigenvalue weighted by Gasteiger charge is 2.24. The van der Waals surface area contributed by atoms with Gasteiger partial charge in [-0.1, -0.05) is 0 Å². The maximum absolute atomic E-state index is 6.04. The topological polar surface area (TPSA) is 24.9 Å². The Bertz CT molecular complexity index is 205. The molecule has 0 aromatic rings. The number of hydroxylamine groups is 2. The normalized spacial score (nSPS) is 30.8. The molecule has 4 heteroatoms. The summed E-state index contributed by atoms with van der Waals surface area (Å²) in [4.78, 5) is 8.41. The summed E-state index contributed by atoms with van der Waals surface area (Å²) in [5, 5.41) is 2.12. The molecule has 2 aliphatic heterocycles. The molecule has 2 aliphatic rings. The van der Waals surface area contributed by atoms with Crippen molar-refractivity contribution in [2.75, 3.05) is 40.3 Å². The molecular formula is C12H24N2O2. The van der Waals surface area contributed by atoms with E-state index in [0.29, 0.717) is 12.2 Å². The maximum Gasteiger partial charge on any atom is 0.0817 e. The second-order valence-electron chi connectivity index (χ2n) is 5.00. The maximum atomic E-state index is 6.04. The summed E-state index contributed by atoms with van der Waals surface area (Å²) in [7, 11) is 3.97. The zero-order valence-electron chi connectivity index (χ0n) is 10.5. The molecule has 1 unspecified atom stereocenters. The van der Waals surface area contributed by atoms with Crippen LogP contribution in [0.15, 0.2) is 0 Å². The zero-order chi connectivity index (χ0) is 11.4. The van der Waals surface area contributed by atoms with Gasteiger partial charge in [-0.25, -0.2) is 0 Å². The van der Waals surface area contributed by atoms with Crippen LogP contribution in [0.1, 0.15) is 25.7 Å². The summed E-state index contributed by atoms with van der Waals surface area (Å²) < 4.78 is 5.40. The Morgan fingerprint density at radius 1 is 1.00 bits per heavy atom.